The van der Waals surface area contributed by atoms with Crippen LogP contribution in [0.5, 0.6) is 0 Å². The topological polar surface area (TPSA) is 59.1 Å². The molecule has 32 heavy (non-hydrogen) atoms. The molecule has 2 aliphatic rings. The Morgan fingerprint density at radius 2 is 2.00 bits per heavy atom. The summed E-state index contributed by atoms with van der Waals surface area (Å²) in [6, 6.07) is 5.42. The number of nitrogens with one attached hydrogen (secondary N) is 2. The molecule has 7 heteroatoms. The molecule has 1 saturated carbocycles. The first-order chi connectivity index (χ1) is 15.6. The van der Waals surface area contributed by atoms with Gasteiger partial charge in [-0.1, -0.05) is 36.8 Å². The molecule has 0 spiro atoms. The van der Waals surface area contributed by atoms with Crippen LogP contribution >= 0.6 is 11.6 Å². The van der Waals surface area contributed by atoms with Crippen LogP contribution in [0, 0.1) is 23.1 Å². The number of hydrogen-bond acceptors (Lipinski definition) is 5. The zero-order valence-corrected chi connectivity index (χ0v) is 19.3. The zero-order chi connectivity index (χ0) is 22.4. The Kier molecular flexibility index (Phi) is 7.49. The number of halogens is 2. The van der Waals surface area contributed by atoms with Crippen molar-refractivity contribution in [3.8, 4) is 23.1 Å². The van der Waals surface area contributed by atoms with Crippen LogP contribution in [0.3, 0.4) is 0 Å². The normalized spacial score (nSPS) is 18.5. The molecule has 1 saturated heterocycles. The summed E-state index contributed by atoms with van der Waals surface area (Å²) in [4.78, 5) is 9.00. The molecule has 3 heterocycles. The van der Waals surface area contributed by atoms with Gasteiger partial charge < -0.3 is 15.4 Å². The number of rotatable bonds is 6. The minimum atomic E-state index is -0.397. The highest BCUT2D eigenvalue weighted by molar-refractivity contribution is 6.33. The Hall–Kier alpha value is -2.36. The van der Waals surface area contributed by atoms with Crippen LogP contribution in [0.4, 0.5) is 16.0 Å². The van der Waals surface area contributed by atoms with Crippen LogP contribution in [-0.4, -0.2) is 35.8 Å². The minimum Gasteiger partial charge on any atom is -0.381 e. The molecule has 0 bridgehead atoms. The van der Waals surface area contributed by atoms with Gasteiger partial charge in [0.2, 0.25) is 0 Å². The highest BCUT2D eigenvalue weighted by Crippen LogP contribution is 2.33. The van der Waals surface area contributed by atoms with E-state index >= 15 is 0 Å². The van der Waals surface area contributed by atoms with E-state index in [1.165, 1.54) is 25.3 Å². The quantitative estimate of drug-likeness (QED) is 0.529. The molecule has 4 rings (SSSR count). The van der Waals surface area contributed by atoms with Crippen molar-refractivity contribution in [2.45, 2.75) is 57.9 Å². The van der Waals surface area contributed by atoms with Crippen molar-refractivity contribution in [2.75, 3.05) is 30.4 Å². The molecule has 2 aromatic heterocycles. The number of ether oxygens (including phenoxy) is 1. The highest BCUT2D eigenvalue weighted by Gasteiger charge is 2.31. The second-order valence-corrected chi connectivity index (χ2v) is 9.08. The lowest BCUT2D eigenvalue weighted by atomic mass is 9.81. The average Bonchev–Trinajstić information content (AvgIpc) is 2.81. The molecule has 5 nitrogen and oxygen atoms in total. The molecule has 0 unspecified atom stereocenters. The van der Waals surface area contributed by atoms with Crippen molar-refractivity contribution in [1.29, 1.82) is 0 Å². The minimum absolute atomic E-state index is 0.209. The molecule has 0 atom stereocenters. The van der Waals surface area contributed by atoms with Crippen molar-refractivity contribution >= 4 is 23.2 Å². The SMILES string of the molecule is CC#CC1(CNc2nc(-c3cc(NC4CCCCC4)ncc3Cl)ccc2F)CCOCC1. The Balaban J connectivity index is 1.54. The first kappa shape index (κ1) is 22.8. The fourth-order valence-electron chi connectivity index (χ4n) is 4.51. The third-order valence-electron chi connectivity index (χ3n) is 6.37. The summed E-state index contributed by atoms with van der Waals surface area (Å²) in [5.74, 6) is 6.92. The van der Waals surface area contributed by atoms with Crippen molar-refractivity contribution in [1.82, 2.24) is 9.97 Å². The van der Waals surface area contributed by atoms with Crippen LogP contribution in [0.2, 0.25) is 5.02 Å². The van der Waals surface area contributed by atoms with Crippen molar-refractivity contribution < 1.29 is 9.13 Å². The second kappa shape index (κ2) is 10.5. The fraction of sp³-hybridized carbons (Fsp3) is 0.520. The summed E-state index contributed by atoms with van der Waals surface area (Å²) in [5.41, 5.74) is 1.11. The van der Waals surface area contributed by atoms with Crippen molar-refractivity contribution in [3.05, 3.63) is 35.2 Å². The lowest BCUT2D eigenvalue weighted by Gasteiger charge is -2.32. The van der Waals surface area contributed by atoms with Crippen LogP contribution in [-0.2, 0) is 4.74 Å². The zero-order valence-electron chi connectivity index (χ0n) is 18.5. The fourth-order valence-corrected chi connectivity index (χ4v) is 4.71. The molecule has 0 aromatic carbocycles. The molecular weight excluding hydrogens is 427 g/mol. The van der Waals surface area contributed by atoms with E-state index in [1.54, 1.807) is 12.3 Å². The molecule has 2 fully saturated rings. The second-order valence-electron chi connectivity index (χ2n) is 8.68. The van der Waals surface area contributed by atoms with E-state index in [0.29, 0.717) is 36.5 Å². The first-order valence-corrected chi connectivity index (χ1v) is 11.8. The molecule has 2 N–H and O–H groups in total. The van der Waals surface area contributed by atoms with E-state index in [0.717, 1.165) is 37.1 Å². The molecular formula is C25H30ClFN4O. The van der Waals surface area contributed by atoms with E-state index in [9.17, 15) is 4.39 Å². The largest absolute Gasteiger partial charge is 0.381 e. The van der Waals surface area contributed by atoms with Crippen LogP contribution < -0.4 is 10.6 Å². The van der Waals surface area contributed by atoms with Gasteiger partial charge >= 0.3 is 0 Å². The van der Waals surface area contributed by atoms with Gasteiger partial charge in [0.05, 0.1) is 16.1 Å². The van der Waals surface area contributed by atoms with E-state index < -0.39 is 5.82 Å². The van der Waals surface area contributed by atoms with Gasteiger partial charge in [-0.3, -0.25) is 0 Å². The third-order valence-corrected chi connectivity index (χ3v) is 6.67. The van der Waals surface area contributed by atoms with E-state index in [-0.39, 0.29) is 11.2 Å². The van der Waals surface area contributed by atoms with Gasteiger partial charge in [0.15, 0.2) is 11.6 Å². The maximum absolute atomic E-state index is 14.6. The number of hydrogen-bond donors (Lipinski definition) is 2. The summed E-state index contributed by atoms with van der Waals surface area (Å²) in [6.45, 7) is 3.68. The van der Waals surface area contributed by atoms with Gasteiger partial charge in [-0.05, 0) is 50.8 Å². The monoisotopic (exact) mass is 456 g/mol. The standard InChI is InChI=1S/C25H30ClFN4O/c1-2-10-25(11-13-32-14-12-25)17-29-24-21(27)8-9-22(31-24)19-15-23(28-16-20(19)26)30-18-6-4-3-5-7-18/h8-9,15-16,18H,3-7,11-14,17H2,1H3,(H,28,30)(H,29,31). The molecule has 1 aliphatic heterocycles. The maximum Gasteiger partial charge on any atom is 0.165 e. The molecule has 2 aromatic rings. The van der Waals surface area contributed by atoms with E-state index in [1.807, 2.05) is 13.0 Å². The van der Waals surface area contributed by atoms with Gasteiger partial charge in [-0.25, -0.2) is 14.4 Å². The van der Waals surface area contributed by atoms with Gasteiger partial charge in [-0.15, -0.1) is 5.92 Å². The van der Waals surface area contributed by atoms with Gasteiger partial charge in [-0.2, -0.15) is 0 Å². The van der Waals surface area contributed by atoms with E-state index in [4.69, 9.17) is 16.3 Å². The number of pyridine rings is 2. The average molecular weight is 457 g/mol. The summed E-state index contributed by atoms with van der Waals surface area (Å²) < 4.78 is 20.1. The number of anilines is 2. The maximum atomic E-state index is 14.6. The number of nitrogens with zero attached hydrogens (tertiary/aromatic N) is 2. The van der Waals surface area contributed by atoms with Crippen molar-refractivity contribution in [2.24, 2.45) is 5.41 Å². The molecule has 1 aliphatic carbocycles. The van der Waals surface area contributed by atoms with Crippen LogP contribution in [0.15, 0.2) is 24.4 Å². The van der Waals surface area contributed by atoms with E-state index in [2.05, 4.69) is 32.4 Å². The van der Waals surface area contributed by atoms with Gasteiger partial charge in [0, 0.05) is 37.6 Å². The summed E-state index contributed by atoms with van der Waals surface area (Å²) in [7, 11) is 0. The molecule has 0 amide bonds. The predicted molar refractivity (Wildman–Crippen MR) is 127 cm³/mol. The summed E-state index contributed by atoms with van der Waals surface area (Å²) >= 11 is 6.45. The molecule has 0 radical (unpaired) electrons. The summed E-state index contributed by atoms with van der Waals surface area (Å²) in [6.07, 6.45) is 9.33. The predicted octanol–water partition coefficient (Wildman–Crippen LogP) is 5.91. The highest BCUT2D eigenvalue weighted by atomic mass is 35.5. The Morgan fingerprint density at radius 1 is 1.22 bits per heavy atom. The smallest absolute Gasteiger partial charge is 0.165 e. The Morgan fingerprint density at radius 3 is 2.75 bits per heavy atom. The van der Waals surface area contributed by atoms with Crippen LogP contribution in [0.1, 0.15) is 51.9 Å². The van der Waals surface area contributed by atoms with Gasteiger partial charge in [0.1, 0.15) is 5.82 Å². The Labute approximate surface area is 194 Å². The molecule has 170 valence electrons. The van der Waals surface area contributed by atoms with Crippen LogP contribution in [0.25, 0.3) is 11.3 Å². The lowest BCUT2D eigenvalue weighted by molar-refractivity contribution is 0.0463. The summed E-state index contributed by atoms with van der Waals surface area (Å²) in [5, 5.41) is 7.20. The first-order valence-electron chi connectivity index (χ1n) is 11.4. The Bertz CT molecular complexity index is 991. The number of aromatic nitrogens is 2. The van der Waals surface area contributed by atoms with Gasteiger partial charge in [0.25, 0.3) is 0 Å². The van der Waals surface area contributed by atoms with Crippen molar-refractivity contribution in [3.63, 3.8) is 0 Å². The third kappa shape index (κ3) is 5.51. The lowest BCUT2D eigenvalue weighted by Crippen LogP contribution is -2.35.